The Morgan fingerprint density at radius 2 is 1.55 bits per heavy atom. The molecule has 1 heterocycles. The number of hydrogen-bond donors (Lipinski definition) is 0. The van der Waals surface area contributed by atoms with E-state index in [9.17, 15) is 13.6 Å². The van der Waals surface area contributed by atoms with Gasteiger partial charge in [0.05, 0.1) is 18.6 Å². The van der Waals surface area contributed by atoms with E-state index in [4.69, 9.17) is 9.47 Å². The van der Waals surface area contributed by atoms with Gasteiger partial charge in [0.2, 0.25) is 0 Å². The van der Waals surface area contributed by atoms with Gasteiger partial charge >= 0.3 is 5.97 Å². The van der Waals surface area contributed by atoms with Crippen molar-refractivity contribution in [1.82, 2.24) is 4.90 Å². The molecule has 4 atom stereocenters. The van der Waals surface area contributed by atoms with Crippen molar-refractivity contribution >= 4 is 5.97 Å². The first-order valence-corrected chi connectivity index (χ1v) is 10.9. The molecule has 0 bridgehead atoms. The van der Waals surface area contributed by atoms with Crippen molar-refractivity contribution < 1.29 is 23.0 Å². The Bertz CT molecular complexity index is 811. The molecule has 1 aliphatic rings. The standard InChI is InChI=1S/C25H31F2NO3/c1-5-30-25(29)23(22-15-6-16(2)28(22)4)17(3)31-24(18-7-11-20(26)12-8-18)19-9-13-21(27)14-10-19/h7-14,16-17,22-24H,5-6,15H2,1-4H3/t16-,17-,22?,23-/m0/s1. The van der Waals surface area contributed by atoms with Crippen LogP contribution >= 0.6 is 0 Å². The molecule has 3 rings (SSSR count). The Labute approximate surface area is 183 Å². The first-order chi connectivity index (χ1) is 14.8. The summed E-state index contributed by atoms with van der Waals surface area (Å²) in [7, 11) is 2.03. The Kier molecular flexibility index (Phi) is 7.79. The van der Waals surface area contributed by atoms with E-state index in [2.05, 4.69) is 11.8 Å². The van der Waals surface area contributed by atoms with Crippen LogP contribution in [0.2, 0.25) is 0 Å². The molecule has 31 heavy (non-hydrogen) atoms. The second kappa shape index (κ2) is 10.3. The number of rotatable bonds is 8. The van der Waals surface area contributed by atoms with Gasteiger partial charge in [-0.2, -0.15) is 0 Å². The summed E-state index contributed by atoms with van der Waals surface area (Å²) in [4.78, 5) is 15.2. The highest BCUT2D eigenvalue weighted by atomic mass is 19.1. The monoisotopic (exact) mass is 431 g/mol. The first-order valence-electron chi connectivity index (χ1n) is 10.9. The lowest BCUT2D eigenvalue weighted by atomic mass is 9.91. The van der Waals surface area contributed by atoms with Crippen molar-refractivity contribution in [3.63, 3.8) is 0 Å². The molecule has 0 aliphatic carbocycles. The van der Waals surface area contributed by atoms with Crippen LogP contribution in [0.15, 0.2) is 48.5 Å². The fraction of sp³-hybridized carbons (Fsp3) is 0.480. The van der Waals surface area contributed by atoms with E-state index in [1.165, 1.54) is 24.3 Å². The number of carbonyl (C=O) groups excluding carboxylic acids is 1. The zero-order valence-corrected chi connectivity index (χ0v) is 18.6. The summed E-state index contributed by atoms with van der Waals surface area (Å²) < 4.78 is 38.9. The maximum absolute atomic E-state index is 13.5. The zero-order chi connectivity index (χ0) is 22.5. The lowest BCUT2D eigenvalue weighted by Gasteiger charge is -2.35. The zero-order valence-electron chi connectivity index (χ0n) is 18.6. The smallest absolute Gasteiger partial charge is 0.313 e. The third kappa shape index (κ3) is 5.49. The molecule has 4 nitrogen and oxygen atoms in total. The van der Waals surface area contributed by atoms with Crippen molar-refractivity contribution in [2.75, 3.05) is 13.7 Å². The Hall–Kier alpha value is -2.31. The summed E-state index contributed by atoms with van der Waals surface area (Å²) in [6, 6.07) is 12.5. The van der Waals surface area contributed by atoms with E-state index < -0.39 is 18.1 Å². The quantitative estimate of drug-likeness (QED) is 0.544. The predicted octanol–water partition coefficient (Wildman–Crippen LogP) is 5.12. The number of likely N-dealkylation sites (tertiary alicyclic amines) is 1. The number of nitrogens with zero attached hydrogens (tertiary/aromatic N) is 1. The van der Waals surface area contributed by atoms with Crippen molar-refractivity contribution in [3.05, 3.63) is 71.3 Å². The van der Waals surface area contributed by atoms with Gasteiger partial charge in [-0.15, -0.1) is 0 Å². The summed E-state index contributed by atoms with van der Waals surface area (Å²) in [5.74, 6) is -1.45. The maximum Gasteiger partial charge on any atom is 0.313 e. The Morgan fingerprint density at radius 1 is 1.03 bits per heavy atom. The molecule has 0 N–H and O–H groups in total. The van der Waals surface area contributed by atoms with Gasteiger partial charge in [-0.25, -0.2) is 8.78 Å². The third-order valence-corrected chi connectivity index (χ3v) is 6.27. The SMILES string of the molecule is CCOC(=O)[C@H](C1CC[C@H](C)N1C)[C@H](C)OC(c1ccc(F)cc1)c1ccc(F)cc1. The minimum atomic E-state index is -0.572. The van der Waals surface area contributed by atoms with Crippen LogP contribution < -0.4 is 0 Å². The molecule has 168 valence electrons. The minimum absolute atomic E-state index is 0.00568. The lowest BCUT2D eigenvalue weighted by Crippen LogP contribution is -2.46. The highest BCUT2D eigenvalue weighted by Crippen LogP contribution is 2.35. The fourth-order valence-corrected chi connectivity index (χ4v) is 4.40. The van der Waals surface area contributed by atoms with Crippen molar-refractivity contribution in [2.45, 2.75) is 57.9 Å². The molecule has 2 aromatic carbocycles. The summed E-state index contributed by atoms with van der Waals surface area (Å²) in [5, 5.41) is 0. The number of benzene rings is 2. The van der Waals surface area contributed by atoms with E-state index in [0.717, 1.165) is 24.0 Å². The second-order valence-electron chi connectivity index (χ2n) is 8.26. The van der Waals surface area contributed by atoms with Crippen molar-refractivity contribution in [3.8, 4) is 0 Å². The normalized spacial score (nSPS) is 21.3. The maximum atomic E-state index is 13.5. The van der Waals surface area contributed by atoms with Gasteiger partial charge in [-0.05, 0) is 76.1 Å². The number of esters is 1. The van der Waals surface area contributed by atoms with Crippen LogP contribution in [0.25, 0.3) is 0 Å². The molecule has 2 aromatic rings. The van der Waals surface area contributed by atoms with Gasteiger partial charge in [0.15, 0.2) is 0 Å². The number of hydrogen-bond acceptors (Lipinski definition) is 4. The molecule has 0 aromatic heterocycles. The molecule has 6 heteroatoms. The van der Waals surface area contributed by atoms with E-state index in [0.29, 0.717) is 12.6 Å². The molecule has 0 spiro atoms. The van der Waals surface area contributed by atoms with E-state index >= 15 is 0 Å². The second-order valence-corrected chi connectivity index (χ2v) is 8.26. The molecule has 0 amide bonds. The van der Waals surface area contributed by atoms with Gasteiger partial charge < -0.3 is 9.47 Å². The van der Waals surface area contributed by atoms with E-state index in [1.807, 2.05) is 14.0 Å². The van der Waals surface area contributed by atoms with Crippen LogP contribution in [0.3, 0.4) is 0 Å². The number of ether oxygens (including phenoxy) is 2. The van der Waals surface area contributed by atoms with Crippen molar-refractivity contribution in [2.24, 2.45) is 5.92 Å². The molecule has 0 saturated carbocycles. The lowest BCUT2D eigenvalue weighted by molar-refractivity contribution is -0.158. The molecule has 1 aliphatic heterocycles. The van der Waals surface area contributed by atoms with E-state index in [1.54, 1.807) is 31.2 Å². The van der Waals surface area contributed by atoms with Crippen LogP contribution in [0.1, 0.15) is 50.8 Å². The highest BCUT2D eigenvalue weighted by molar-refractivity contribution is 5.74. The average Bonchev–Trinajstić information content (AvgIpc) is 3.07. The molecular weight excluding hydrogens is 400 g/mol. The Morgan fingerprint density at radius 3 is 1.97 bits per heavy atom. The third-order valence-electron chi connectivity index (χ3n) is 6.27. The molecule has 0 radical (unpaired) electrons. The molecule has 1 fully saturated rings. The predicted molar refractivity (Wildman–Crippen MR) is 116 cm³/mol. The Balaban J connectivity index is 1.92. The van der Waals surface area contributed by atoms with Gasteiger partial charge in [0.25, 0.3) is 0 Å². The average molecular weight is 432 g/mol. The summed E-state index contributed by atoms with van der Waals surface area (Å²) in [6.45, 7) is 6.11. The van der Waals surface area contributed by atoms with Gasteiger partial charge in [0, 0.05) is 12.1 Å². The van der Waals surface area contributed by atoms with Crippen molar-refractivity contribution in [1.29, 1.82) is 0 Å². The van der Waals surface area contributed by atoms with Gasteiger partial charge in [0.1, 0.15) is 17.7 Å². The summed E-state index contributed by atoms with van der Waals surface area (Å²) in [6.07, 6.45) is 0.838. The number of carbonyl (C=O) groups is 1. The topological polar surface area (TPSA) is 38.8 Å². The van der Waals surface area contributed by atoms with Crippen LogP contribution in [0.4, 0.5) is 8.78 Å². The summed E-state index contributed by atoms with van der Waals surface area (Å²) >= 11 is 0. The van der Waals surface area contributed by atoms with Crippen LogP contribution in [0.5, 0.6) is 0 Å². The number of halogens is 2. The first kappa shape index (κ1) is 23.4. The van der Waals surface area contributed by atoms with Gasteiger partial charge in [-0.3, -0.25) is 9.69 Å². The van der Waals surface area contributed by atoms with Crippen LogP contribution in [-0.4, -0.2) is 42.7 Å². The molecular formula is C25H31F2NO3. The highest BCUT2D eigenvalue weighted by Gasteiger charge is 2.42. The van der Waals surface area contributed by atoms with Crippen LogP contribution in [-0.2, 0) is 14.3 Å². The minimum Gasteiger partial charge on any atom is -0.466 e. The fourth-order valence-electron chi connectivity index (χ4n) is 4.40. The largest absolute Gasteiger partial charge is 0.466 e. The van der Waals surface area contributed by atoms with E-state index in [-0.39, 0.29) is 23.6 Å². The van der Waals surface area contributed by atoms with Crippen LogP contribution in [0, 0.1) is 17.6 Å². The molecule has 1 saturated heterocycles. The summed E-state index contributed by atoms with van der Waals surface area (Å²) in [5.41, 5.74) is 1.46. The molecule has 1 unspecified atom stereocenters. The van der Waals surface area contributed by atoms with Gasteiger partial charge in [-0.1, -0.05) is 24.3 Å².